The van der Waals surface area contributed by atoms with Crippen LogP contribution in [-0.2, 0) is 4.84 Å². The fraction of sp³-hybridized carbons (Fsp3) is 0.500. The van der Waals surface area contributed by atoms with Crippen molar-refractivity contribution in [1.82, 2.24) is 5.06 Å². The molecule has 7 heavy (non-hydrogen) atoms. The maximum atomic E-state index is 5.32. The molecule has 1 aliphatic heterocycles. The molecule has 0 amide bonds. The summed E-state index contributed by atoms with van der Waals surface area (Å²) in [6, 6.07) is 0. The number of hydroxylamine groups is 2. The Morgan fingerprint density at radius 3 is 2.86 bits per heavy atom. The van der Waals surface area contributed by atoms with Gasteiger partial charge < -0.3 is 5.73 Å². The Bertz CT molecular complexity index is 99.9. The van der Waals surface area contributed by atoms with Gasteiger partial charge in [-0.15, -0.1) is 0 Å². The average Bonchev–Trinajstić information content (AvgIpc) is 1.87. The van der Waals surface area contributed by atoms with Gasteiger partial charge in [-0.2, -0.15) is 0 Å². The molecule has 2 N–H and O–H groups in total. The molecule has 0 fully saturated rings. The van der Waals surface area contributed by atoms with E-state index in [2.05, 4.69) is 0 Å². The average molecular weight is 100 g/mol. The number of hydrogen-bond acceptors (Lipinski definition) is 3. The second-order valence-electron chi connectivity index (χ2n) is 1.52. The highest BCUT2D eigenvalue weighted by Gasteiger charge is 2.02. The van der Waals surface area contributed by atoms with Gasteiger partial charge in [0.25, 0.3) is 0 Å². The van der Waals surface area contributed by atoms with E-state index in [1.54, 1.807) is 18.3 Å². The van der Waals surface area contributed by atoms with Crippen molar-refractivity contribution in [1.29, 1.82) is 0 Å². The molecule has 0 saturated heterocycles. The zero-order valence-corrected chi connectivity index (χ0v) is 4.22. The van der Waals surface area contributed by atoms with Crippen LogP contribution in [0.15, 0.2) is 11.9 Å². The van der Waals surface area contributed by atoms with Crippen LogP contribution in [0.3, 0.4) is 0 Å². The number of nitrogens with two attached hydrogens (primary N) is 1. The lowest BCUT2D eigenvalue weighted by molar-refractivity contribution is -0.0684. The van der Waals surface area contributed by atoms with Gasteiger partial charge in [0.05, 0.1) is 5.70 Å². The van der Waals surface area contributed by atoms with Gasteiger partial charge in [0.15, 0.2) is 0 Å². The summed E-state index contributed by atoms with van der Waals surface area (Å²) >= 11 is 0. The molecule has 0 aromatic heterocycles. The summed E-state index contributed by atoms with van der Waals surface area (Å²) in [5.74, 6) is 0. The van der Waals surface area contributed by atoms with Crippen LogP contribution in [-0.4, -0.2) is 18.7 Å². The molecular weight excluding hydrogens is 92.1 g/mol. The maximum absolute atomic E-state index is 5.32. The van der Waals surface area contributed by atoms with E-state index in [0.717, 1.165) is 5.70 Å². The van der Waals surface area contributed by atoms with Gasteiger partial charge in [-0.3, -0.25) is 9.90 Å². The van der Waals surface area contributed by atoms with Crippen LogP contribution in [0.25, 0.3) is 0 Å². The Kier molecular flexibility index (Phi) is 0.906. The normalized spacial score (nSPS) is 20.1. The SMILES string of the molecule is CN1C=C(N)CO1. The van der Waals surface area contributed by atoms with Crippen LogP contribution < -0.4 is 5.73 Å². The number of hydrogen-bond donors (Lipinski definition) is 1. The molecule has 40 valence electrons. The van der Waals surface area contributed by atoms with Gasteiger partial charge in [-0.05, 0) is 0 Å². The van der Waals surface area contributed by atoms with E-state index in [-0.39, 0.29) is 0 Å². The summed E-state index contributed by atoms with van der Waals surface area (Å²) in [6.45, 7) is 0.538. The van der Waals surface area contributed by atoms with Gasteiger partial charge in [0.1, 0.15) is 6.61 Å². The predicted molar refractivity (Wildman–Crippen MR) is 26.0 cm³/mol. The van der Waals surface area contributed by atoms with E-state index in [1.807, 2.05) is 0 Å². The first-order valence-electron chi connectivity index (χ1n) is 2.11. The molecule has 3 heteroatoms. The molecule has 0 unspecified atom stereocenters. The molecule has 0 aromatic rings. The van der Waals surface area contributed by atoms with Gasteiger partial charge in [-0.25, -0.2) is 0 Å². The Balaban J connectivity index is 2.50. The monoisotopic (exact) mass is 100 g/mol. The zero-order chi connectivity index (χ0) is 5.28. The second-order valence-corrected chi connectivity index (χ2v) is 1.52. The first-order valence-corrected chi connectivity index (χ1v) is 2.11. The molecular formula is C4H8N2O. The van der Waals surface area contributed by atoms with E-state index >= 15 is 0 Å². The summed E-state index contributed by atoms with van der Waals surface area (Å²) in [5, 5.41) is 1.59. The highest BCUT2D eigenvalue weighted by molar-refractivity contribution is 4.97. The lowest BCUT2D eigenvalue weighted by atomic mass is 10.5. The minimum Gasteiger partial charge on any atom is -0.399 e. The first kappa shape index (κ1) is 4.46. The summed E-state index contributed by atoms with van der Waals surface area (Å²) in [6.07, 6.45) is 1.75. The Hall–Kier alpha value is -0.700. The minimum absolute atomic E-state index is 0.538. The highest BCUT2D eigenvalue weighted by atomic mass is 16.7. The molecule has 0 aliphatic carbocycles. The van der Waals surface area contributed by atoms with Crippen LogP contribution in [0.4, 0.5) is 0 Å². The molecule has 0 spiro atoms. The van der Waals surface area contributed by atoms with Crippen molar-refractivity contribution in [3.8, 4) is 0 Å². The van der Waals surface area contributed by atoms with Crippen molar-refractivity contribution in [3.05, 3.63) is 11.9 Å². The zero-order valence-electron chi connectivity index (χ0n) is 4.22. The van der Waals surface area contributed by atoms with Crippen molar-refractivity contribution in [3.63, 3.8) is 0 Å². The molecule has 0 radical (unpaired) electrons. The lowest BCUT2D eigenvalue weighted by Gasteiger charge is -2.02. The predicted octanol–water partition coefficient (Wildman–Crippen LogP) is -0.337. The maximum Gasteiger partial charge on any atom is 0.116 e. The standard InChI is InChI=1S/C4H8N2O/c1-6-2-4(5)3-7-6/h2H,3,5H2,1H3. The third kappa shape index (κ3) is 0.838. The molecule has 0 atom stereocenters. The third-order valence-corrected chi connectivity index (χ3v) is 0.782. The minimum atomic E-state index is 0.538. The first-order chi connectivity index (χ1) is 3.29. The molecule has 1 heterocycles. The fourth-order valence-electron chi connectivity index (χ4n) is 0.484. The van der Waals surface area contributed by atoms with E-state index in [0.29, 0.717) is 6.61 Å². The Labute approximate surface area is 42.3 Å². The summed E-state index contributed by atoms with van der Waals surface area (Å²) in [7, 11) is 1.81. The van der Waals surface area contributed by atoms with Gasteiger partial charge >= 0.3 is 0 Å². The van der Waals surface area contributed by atoms with Crippen molar-refractivity contribution < 1.29 is 4.84 Å². The summed E-state index contributed by atoms with van der Waals surface area (Å²) in [5.41, 5.74) is 6.10. The molecule has 3 nitrogen and oxygen atoms in total. The van der Waals surface area contributed by atoms with E-state index < -0.39 is 0 Å². The van der Waals surface area contributed by atoms with Crippen molar-refractivity contribution in [2.45, 2.75) is 0 Å². The van der Waals surface area contributed by atoms with Gasteiger partial charge in [0.2, 0.25) is 0 Å². The quantitative estimate of drug-likeness (QED) is 0.452. The number of rotatable bonds is 0. The van der Waals surface area contributed by atoms with E-state index in [4.69, 9.17) is 10.6 Å². The van der Waals surface area contributed by atoms with Crippen LogP contribution in [0.2, 0.25) is 0 Å². The van der Waals surface area contributed by atoms with Gasteiger partial charge in [0, 0.05) is 13.2 Å². The van der Waals surface area contributed by atoms with E-state index in [9.17, 15) is 0 Å². The Morgan fingerprint density at radius 1 is 2.00 bits per heavy atom. The molecule has 0 bridgehead atoms. The van der Waals surface area contributed by atoms with Crippen LogP contribution in [0.1, 0.15) is 0 Å². The number of nitrogens with zero attached hydrogens (tertiary/aromatic N) is 1. The van der Waals surface area contributed by atoms with E-state index in [1.165, 1.54) is 0 Å². The second kappa shape index (κ2) is 1.42. The van der Waals surface area contributed by atoms with Crippen molar-refractivity contribution >= 4 is 0 Å². The highest BCUT2D eigenvalue weighted by Crippen LogP contribution is 2.00. The van der Waals surface area contributed by atoms with Crippen molar-refractivity contribution in [2.75, 3.05) is 13.7 Å². The Morgan fingerprint density at radius 2 is 2.71 bits per heavy atom. The lowest BCUT2D eigenvalue weighted by Crippen LogP contribution is -2.04. The topological polar surface area (TPSA) is 38.5 Å². The third-order valence-electron chi connectivity index (χ3n) is 0.782. The summed E-state index contributed by atoms with van der Waals surface area (Å²) in [4.78, 5) is 4.88. The molecule has 0 aromatic carbocycles. The van der Waals surface area contributed by atoms with Crippen LogP contribution >= 0.6 is 0 Å². The molecule has 1 rings (SSSR count). The molecule has 0 saturated carbocycles. The van der Waals surface area contributed by atoms with Crippen molar-refractivity contribution in [2.24, 2.45) is 5.73 Å². The summed E-state index contributed by atoms with van der Waals surface area (Å²) < 4.78 is 0. The fourth-order valence-corrected chi connectivity index (χ4v) is 0.484. The van der Waals surface area contributed by atoms with Gasteiger partial charge in [-0.1, -0.05) is 0 Å². The molecule has 1 aliphatic rings. The smallest absolute Gasteiger partial charge is 0.116 e. The van der Waals surface area contributed by atoms with Crippen LogP contribution in [0, 0.1) is 0 Å². The largest absolute Gasteiger partial charge is 0.399 e. The van der Waals surface area contributed by atoms with Crippen LogP contribution in [0.5, 0.6) is 0 Å².